The van der Waals surface area contributed by atoms with Crippen LogP contribution in [0.1, 0.15) is 0 Å². The monoisotopic (exact) mass is 288 g/mol. The molecule has 1 rings (SSSR count). The van der Waals surface area contributed by atoms with Crippen LogP contribution < -0.4 is 4.74 Å². The molecule has 1 aromatic rings. The lowest BCUT2D eigenvalue weighted by Gasteiger charge is -2.07. The third-order valence-electron chi connectivity index (χ3n) is 1.28. The SMILES string of the molecule is COc1c(Cl)c(Cl)cc(Br)c1Cl. The number of benzene rings is 1. The Hall–Kier alpha value is 0.370. The van der Waals surface area contributed by atoms with Gasteiger partial charge in [-0.3, -0.25) is 0 Å². The maximum atomic E-state index is 5.86. The highest BCUT2D eigenvalue weighted by Gasteiger charge is 2.13. The molecular weight excluding hydrogens is 286 g/mol. The molecule has 0 aliphatic heterocycles. The van der Waals surface area contributed by atoms with Gasteiger partial charge in [0.2, 0.25) is 0 Å². The molecule has 0 spiro atoms. The summed E-state index contributed by atoms with van der Waals surface area (Å²) in [4.78, 5) is 0. The summed E-state index contributed by atoms with van der Waals surface area (Å²) in [5.74, 6) is 0.387. The summed E-state index contributed by atoms with van der Waals surface area (Å²) in [6, 6.07) is 1.62. The second-order valence-electron chi connectivity index (χ2n) is 2.00. The topological polar surface area (TPSA) is 9.23 Å². The van der Waals surface area contributed by atoms with Crippen molar-refractivity contribution in [3.8, 4) is 5.75 Å². The lowest BCUT2D eigenvalue weighted by molar-refractivity contribution is 0.415. The standard InChI is InChI=1S/C7H4BrCl3O/c1-12-7-5(10)3(8)2-4(9)6(7)11/h2H,1H3. The van der Waals surface area contributed by atoms with Crippen molar-refractivity contribution in [3.63, 3.8) is 0 Å². The minimum Gasteiger partial charge on any atom is -0.494 e. The molecule has 0 unspecified atom stereocenters. The van der Waals surface area contributed by atoms with E-state index in [2.05, 4.69) is 15.9 Å². The Morgan fingerprint density at radius 2 is 1.83 bits per heavy atom. The molecule has 0 radical (unpaired) electrons. The van der Waals surface area contributed by atoms with Crippen LogP contribution in [0, 0.1) is 0 Å². The van der Waals surface area contributed by atoms with Crippen molar-refractivity contribution in [2.75, 3.05) is 7.11 Å². The maximum Gasteiger partial charge on any atom is 0.158 e. The van der Waals surface area contributed by atoms with Gasteiger partial charge in [-0.25, -0.2) is 0 Å². The normalized spacial score (nSPS) is 10.1. The Morgan fingerprint density at radius 3 is 2.33 bits per heavy atom. The molecule has 0 heterocycles. The van der Waals surface area contributed by atoms with Crippen LogP contribution in [0.15, 0.2) is 10.5 Å². The highest BCUT2D eigenvalue weighted by Crippen LogP contribution is 2.42. The van der Waals surface area contributed by atoms with Gasteiger partial charge in [0.25, 0.3) is 0 Å². The summed E-state index contributed by atoms with van der Waals surface area (Å²) in [6.45, 7) is 0. The van der Waals surface area contributed by atoms with E-state index in [9.17, 15) is 0 Å². The maximum absolute atomic E-state index is 5.86. The average Bonchev–Trinajstić information content (AvgIpc) is 2.02. The van der Waals surface area contributed by atoms with Gasteiger partial charge in [0, 0.05) is 4.47 Å². The van der Waals surface area contributed by atoms with E-state index in [1.807, 2.05) is 0 Å². The van der Waals surface area contributed by atoms with Gasteiger partial charge in [-0.2, -0.15) is 0 Å². The van der Waals surface area contributed by atoms with Crippen LogP contribution in [0.3, 0.4) is 0 Å². The molecule has 0 atom stereocenters. The molecule has 0 N–H and O–H groups in total. The lowest BCUT2D eigenvalue weighted by atomic mass is 10.3. The number of halogens is 4. The highest BCUT2D eigenvalue weighted by molar-refractivity contribution is 9.10. The van der Waals surface area contributed by atoms with Gasteiger partial charge in [-0.15, -0.1) is 0 Å². The van der Waals surface area contributed by atoms with Crippen molar-refractivity contribution in [3.05, 3.63) is 25.6 Å². The minimum absolute atomic E-state index is 0.326. The van der Waals surface area contributed by atoms with E-state index in [-0.39, 0.29) is 0 Å². The average molecular weight is 290 g/mol. The van der Waals surface area contributed by atoms with E-state index in [1.54, 1.807) is 6.07 Å². The minimum atomic E-state index is 0.326. The molecule has 0 saturated carbocycles. The van der Waals surface area contributed by atoms with Gasteiger partial charge in [-0.05, 0) is 22.0 Å². The Labute approximate surface area is 93.7 Å². The van der Waals surface area contributed by atoms with E-state index in [4.69, 9.17) is 39.5 Å². The third kappa shape index (κ3) is 1.82. The molecule has 0 fully saturated rings. The zero-order valence-electron chi connectivity index (χ0n) is 6.00. The summed E-state index contributed by atoms with van der Waals surface area (Å²) in [7, 11) is 1.48. The first-order chi connectivity index (χ1) is 5.57. The Kier molecular flexibility index (Phi) is 3.53. The van der Waals surface area contributed by atoms with Crippen molar-refractivity contribution in [1.82, 2.24) is 0 Å². The lowest BCUT2D eigenvalue weighted by Crippen LogP contribution is -1.87. The van der Waals surface area contributed by atoms with Crippen molar-refractivity contribution < 1.29 is 4.74 Å². The molecule has 0 bridgehead atoms. The second-order valence-corrected chi connectivity index (χ2v) is 4.02. The molecule has 0 saturated heterocycles. The Bertz CT molecular complexity index is 288. The van der Waals surface area contributed by atoms with Crippen molar-refractivity contribution in [2.45, 2.75) is 0 Å². The molecule has 0 amide bonds. The van der Waals surface area contributed by atoms with Crippen LogP contribution >= 0.6 is 50.7 Å². The largest absolute Gasteiger partial charge is 0.494 e. The van der Waals surface area contributed by atoms with Crippen LogP contribution in [0.2, 0.25) is 15.1 Å². The second kappa shape index (κ2) is 4.05. The van der Waals surface area contributed by atoms with Gasteiger partial charge < -0.3 is 4.74 Å². The van der Waals surface area contributed by atoms with E-state index < -0.39 is 0 Å². The molecule has 1 aromatic carbocycles. The molecule has 12 heavy (non-hydrogen) atoms. The molecular formula is C7H4BrCl3O. The number of hydrogen-bond donors (Lipinski definition) is 0. The first-order valence-corrected chi connectivity index (χ1v) is 4.87. The first-order valence-electron chi connectivity index (χ1n) is 2.95. The van der Waals surface area contributed by atoms with E-state index in [0.29, 0.717) is 25.3 Å². The van der Waals surface area contributed by atoms with E-state index >= 15 is 0 Å². The van der Waals surface area contributed by atoms with Gasteiger partial charge in [0.05, 0.1) is 17.2 Å². The number of rotatable bonds is 1. The zero-order valence-corrected chi connectivity index (χ0v) is 9.85. The first kappa shape index (κ1) is 10.5. The fourth-order valence-corrected chi connectivity index (χ4v) is 1.97. The van der Waals surface area contributed by atoms with Gasteiger partial charge in [0.1, 0.15) is 5.02 Å². The molecule has 5 heteroatoms. The fraction of sp³-hybridized carbons (Fsp3) is 0.143. The zero-order chi connectivity index (χ0) is 9.30. The number of methoxy groups -OCH3 is 1. The summed E-state index contributed by atoms with van der Waals surface area (Å²) in [5.41, 5.74) is 0. The van der Waals surface area contributed by atoms with Crippen molar-refractivity contribution >= 4 is 50.7 Å². The fourth-order valence-electron chi connectivity index (χ4n) is 0.730. The Morgan fingerprint density at radius 1 is 1.25 bits per heavy atom. The molecule has 0 aliphatic rings. The van der Waals surface area contributed by atoms with Crippen LogP contribution in [0.25, 0.3) is 0 Å². The number of ether oxygens (including phenoxy) is 1. The van der Waals surface area contributed by atoms with E-state index in [1.165, 1.54) is 7.11 Å². The highest BCUT2D eigenvalue weighted by atomic mass is 79.9. The quantitative estimate of drug-likeness (QED) is 0.696. The van der Waals surface area contributed by atoms with Gasteiger partial charge in [0.15, 0.2) is 5.75 Å². The summed E-state index contributed by atoms with van der Waals surface area (Å²) in [6.07, 6.45) is 0. The predicted molar refractivity (Wildman–Crippen MR) is 55.7 cm³/mol. The molecule has 0 aromatic heterocycles. The van der Waals surface area contributed by atoms with Gasteiger partial charge in [-0.1, -0.05) is 34.8 Å². The third-order valence-corrected chi connectivity index (χ3v) is 3.27. The van der Waals surface area contributed by atoms with Gasteiger partial charge >= 0.3 is 0 Å². The molecule has 0 aliphatic carbocycles. The van der Waals surface area contributed by atoms with Crippen LogP contribution in [-0.4, -0.2) is 7.11 Å². The molecule has 66 valence electrons. The smallest absolute Gasteiger partial charge is 0.158 e. The summed E-state index contributed by atoms with van der Waals surface area (Å²) >= 11 is 20.7. The van der Waals surface area contributed by atoms with Crippen LogP contribution in [0.5, 0.6) is 5.75 Å². The Balaban J connectivity index is 3.42. The summed E-state index contributed by atoms with van der Waals surface area (Å²) in [5, 5.41) is 1.16. The van der Waals surface area contributed by atoms with Crippen molar-refractivity contribution in [2.24, 2.45) is 0 Å². The van der Waals surface area contributed by atoms with Crippen molar-refractivity contribution in [1.29, 1.82) is 0 Å². The van der Waals surface area contributed by atoms with E-state index in [0.717, 1.165) is 0 Å². The molecule has 1 nitrogen and oxygen atoms in total. The van der Waals surface area contributed by atoms with Crippen LogP contribution in [-0.2, 0) is 0 Å². The predicted octanol–water partition coefficient (Wildman–Crippen LogP) is 4.42. The number of hydrogen-bond acceptors (Lipinski definition) is 1. The van der Waals surface area contributed by atoms with Crippen LogP contribution in [0.4, 0.5) is 0 Å². The summed E-state index contributed by atoms with van der Waals surface area (Å²) < 4.78 is 5.62.